The van der Waals surface area contributed by atoms with Crippen LogP contribution >= 0.6 is 11.8 Å². The molecule has 0 atom stereocenters. The SMILES string of the molecule is CC(=CCN)c1ccc(Sc2ccccc2)cc1. The first-order chi connectivity index (χ1) is 8.79. The normalized spacial score (nSPS) is 11.6. The maximum absolute atomic E-state index is 5.52. The van der Waals surface area contributed by atoms with Gasteiger partial charge in [-0.3, -0.25) is 0 Å². The van der Waals surface area contributed by atoms with Crippen molar-refractivity contribution >= 4 is 17.3 Å². The van der Waals surface area contributed by atoms with E-state index in [-0.39, 0.29) is 0 Å². The summed E-state index contributed by atoms with van der Waals surface area (Å²) in [5, 5.41) is 0. The fraction of sp³-hybridized carbons (Fsp3) is 0.125. The van der Waals surface area contributed by atoms with Crippen LogP contribution in [0.3, 0.4) is 0 Å². The molecule has 0 saturated carbocycles. The van der Waals surface area contributed by atoms with Gasteiger partial charge in [-0.05, 0) is 42.3 Å². The molecule has 0 aliphatic rings. The van der Waals surface area contributed by atoms with Gasteiger partial charge in [-0.2, -0.15) is 0 Å². The van der Waals surface area contributed by atoms with Crippen molar-refractivity contribution < 1.29 is 0 Å². The molecule has 2 heteroatoms. The topological polar surface area (TPSA) is 26.0 Å². The summed E-state index contributed by atoms with van der Waals surface area (Å²) < 4.78 is 0. The van der Waals surface area contributed by atoms with Crippen LogP contribution in [0.25, 0.3) is 5.57 Å². The lowest BCUT2D eigenvalue weighted by molar-refractivity contribution is 1.25. The zero-order valence-electron chi connectivity index (χ0n) is 10.5. The van der Waals surface area contributed by atoms with Gasteiger partial charge in [-0.25, -0.2) is 0 Å². The van der Waals surface area contributed by atoms with E-state index in [2.05, 4.69) is 55.5 Å². The summed E-state index contributed by atoms with van der Waals surface area (Å²) in [6.45, 7) is 2.68. The van der Waals surface area contributed by atoms with Crippen molar-refractivity contribution in [2.24, 2.45) is 5.73 Å². The molecular formula is C16H17NS. The van der Waals surface area contributed by atoms with Crippen LogP contribution in [-0.4, -0.2) is 6.54 Å². The van der Waals surface area contributed by atoms with Crippen molar-refractivity contribution in [1.82, 2.24) is 0 Å². The van der Waals surface area contributed by atoms with Crippen molar-refractivity contribution in [1.29, 1.82) is 0 Å². The molecule has 0 aliphatic carbocycles. The Morgan fingerprint density at radius 2 is 1.61 bits per heavy atom. The molecule has 0 spiro atoms. The zero-order chi connectivity index (χ0) is 12.8. The van der Waals surface area contributed by atoms with Crippen LogP contribution in [-0.2, 0) is 0 Å². The first-order valence-corrected chi connectivity index (χ1v) is 6.81. The quantitative estimate of drug-likeness (QED) is 0.886. The monoisotopic (exact) mass is 255 g/mol. The average molecular weight is 255 g/mol. The van der Waals surface area contributed by atoms with Crippen LogP contribution in [0.2, 0.25) is 0 Å². The Bertz CT molecular complexity index is 515. The maximum atomic E-state index is 5.52. The van der Waals surface area contributed by atoms with Crippen LogP contribution in [0.5, 0.6) is 0 Å². The summed E-state index contributed by atoms with van der Waals surface area (Å²) >= 11 is 1.78. The second-order valence-electron chi connectivity index (χ2n) is 4.06. The van der Waals surface area contributed by atoms with Gasteiger partial charge in [0.1, 0.15) is 0 Å². The predicted molar refractivity (Wildman–Crippen MR) is 79.7 cm³/mol. The zero-order valence-corrected chi connectivity index (χ0v) is 11.3. The standard InChI is InChI=1S/C16H17NS/c1-13(11-12-17)14-7-9-16(10-8-14)18-15-5-3-2-4-6-15/h2-11H,12,17H2,1H3. The molecule has 0 unspecified atom stereocenters. The van der Waals surface area contributed by atoms with Gasteiger partial charge in [0.15, 0.2) is 0 Å². The number of hydrogen-bond donors (Lipinski definition) is 1. The summed E-state index contributed by atoms with van der Waals surface area (Å²) in [7, 11) is 0. The number of benzene rings is 2. The molecule has 2 N–H and O–H groups in total. The van der Waals surface area contributed by atoms with E-state index in [1.165, 1.54) is 20.9 Å². The van der Waals surface area contributed by atoms with Gasteiger partial charge in [-0.1, -0.05) is 48.2 Å². The van der Waals surface area contributed by atoms with Crippen LogP contribution in [0.1, 0.15) is 12.5 Å². The second kappa shape index (κ2) is 6.43. The molecule has 0 aromatic heterocycles. The molecular weight excluding hydrogens is 238 g/mol. The molecule has 0 bridgehead atoms. The van der Waals surface area contributed by atoms with Crippen molar-refractivity contribution in [3.05, 3.63) is 66.2 Å². The summed E-state index contributed by atoms with van der Waals surface area (Å²) in [6, 6.07) is 19.0. The average Bonchev–Trinajstić information content (AvgIpc) is 2.41. The van der Waals surface area contributed by atoms with Gasteiger partial charge in [0.25, 0.3) is 0 Å². The molecule has 1 nitrogen and oxygen atoms in total. The molecule has 18 heavy (non-hydrogen) atoms. The van der Waals surface area contributed by atoms with Crippen LogP contribution < -0.4 is 5.73 Å². The lowest BCUT2D eigenvalue weighted by atomic mass is 10.1. The van der Waals surface area contributed by atoms with Gasteiger partial charge in [-0.15, -0.1) is 0 Å². The van der Waals surface area contributed by atoms with Gasteiger partial charge in [0.2, 0.25) is 0 Å². The lowest BCUT2D eigenvalue weighted by Crippen LogP contribution is -1.94. The first-order valence-electron chi connectivity index (χ1n) is 6.00. The summed E-state index contributed by atoms with van der Waals surface area (Å²) in [5.74, 6) is 0. The Hall–Kier alpha value is -1.51. The van der Waals surface area contributed by atoms with Crippen LogP contribution in [0, 0.1) is 0 Å². The van der Waals surface area contributed by atoms with Gasteiger partial charge >= 0.3 is 0 Å². The number of hydrogen-bond acceptors (Lipinski definition) is 2. The maximum Gasteiger partial charge on any atom is 0.0122 e. The highest BCUT2D eigenvalue weighted by Crippen LogP contribution is 2.28. The Balaban J connectivity index is 2.11. The van der Waals surface area contributed by atoms with Crippen molar-refractivity contribution in [3.63, 3.8) is 0 Å². The van der Waals surface area contributed by atoms with Gasteiger partial charge in [0.05, 0.1) is 0 Å². The van der Waals surface area contributed by atoms with E-state index in [0.717, 1.165) is 0 Å². The smallest absolute Gasteiger partial charge is 0.0122 e. The molecule has 0 aliphatic heterocycles. The predicted octanol–water partition coefficient (Wildman–Crippen LogP) is 4.20. The molecule has 92 valence electrons. The molecule has 0 amide bonds. The summed E-state index contributed by atoms with van der Waals surface area (Å²) in [6.07, 6.45) is 2.04. The second-order valence-corrected chi connectivity index (χ2v) is 5.21. The first kappa shape index (κ1) is 12.9. The summed E-state index contributed by atoms with van der Waals surface area (Å²) in [5.41, 5.74) is 7.98. The Kier molecular flexibility index (Phi) is 4.62. The minimum absolute atomic E-state index is 0.590. The third-order valence-electron chi connectivity index (χ3n) is 2.71. The largest absolute Gasteiger partial charge is 0.327 e. The fourth-order valence-electron chi connectivity index (χ4n) is 1.71. The van der Waals surface area contributed by atoms with Gasteiger partial charge < -0.3 is 5.73 Å². The Labute approximate surface area is 113 Å². The van der Waals surface area contributed by atoms with E-state index in [0.29, 0.717) is 6.54 Å². The van der Waals surface area contributed by atoms with Crippen molar-refractivity contribution in [3.8, 4) is 0 Å². The van der Waals surface area contributed by atoms with Crippen molar-refractivity contribution in [2.45, 2.75) is 16.7 Å². The van der Waals surface area contributed by atoms with E-state index >= 15 is 0 Å². The molecule has 0 heterocycles. The minimum Gasteiger partial charge on any atom is -0.327 e. The summed E-state index contributed by atoms with van der Waals surface area (Å²) in [4.78, 5) is 2.52. The number of allylic oxidation sites excluding steroid dienone is 1. The minimum atomic E-state index is 0.590. The number of rotatable bonds is 4. The molecule has 0 radical (unpaired) electrons. The van der Waals surface area contributed by atoms with Crippen LogP contribution in [0.4, 0.5) is 0 Å². The Morgan fingerprint density at radius 3 is 2.22 bits per heavy atom. The van der Waals surface area contributed by atoms with E-state index in [9.17, 15) is 0 Å². The Morgan fingerprint density at radius 1 is 1.00 bits per heavy atom. The van der Waals surface area contributed by atoms with E-state index in [1.807, 2.05) is 12.1 Å². The fourth-order valence-corrected chi connectivity index (χ4v) is 2.54. The molecule has 2 aromatic rings. The van der Waals surface area contributed by atoms with Crippen molar-refractivity contribution in [2.75, 3.05) is 6.54 Å². The van der Waals surface area contributed by atoms with Gasteiger partial charge in [0, 0.05) is 16.3 Å². The van der Waals surface area contributed by atoms with Crippen LogP contribution in [0.15, 0.2) is 70.5 Å². The third kappa shape index (κ3) is 3.49. The molecule has 0 saturated heterocycles. The van der Waals surface area contributed by atoms with E-state index in [4.69, 9.17) is 5.73 Å². The molecule has 2 rings (SSSR count). The molecule has 0 fully saturated rings. The number of nitrogens with two attached hydrogens (primary N) is 1. The molecule has 2 aromatic carbocycles. The highest BCUT2D eigenvalue weighted by atomic mass is 32.2. The third-order valence-corrected chi connectivity index (χ3v) is 3.73. The highest BCUT2D eigenvalue weighted by Gasteiger charge is 1.98. The highest BCUT2D eigenvalue weighted by molar-refractivity contribution is 7.99. The van der Waals surface area contributed by atoms with E-state index in [1.54, 1.807) is 11.8 Å². The van der Waals surface area contributed by atoms with E-state index < -0.39 is 0 Å². The lowest BCUT2D eigenvalue weighted by Gasteiger charge is -2.04.